The van der Waals surface area contributed by atoms with Crippen molar-refractivity contribution < 1.29 is 4.79 Å². The summed E-state index contributed by atoms with van der Waals surface area (Å²) in [5.74, 6) is 2.36. The van der Waals surface area contributed by atoms with Crippen LogP contribution in [-0.2, 0) is 0 Å². The van der Waals surface area contributed by atoms with Gasteiger partial charge in [0, 0.05) is 9.49 Å². The molecule has 1 heterocycles. The Morgan fingerprint density at radius 2 is 2.27 bits per heavy atom. The predicted molar refractivity (Wildman–Crippen MR) is 70.3 cm³/mol. The van der Waals surface area contributed by atoms with E-state index in [0.717, 1.165) is 20.8 Å². The van der Waals surface area contributed by atoms with E-state index in [1.165, 1.54) is 19.3 Å². The van der Waals surface area contributed by atoms with Gasteiger partial charge in [-0.1, -0.05) is 6.42 Å². The van der Waals surface area contributed by atoms with Crippen LogP contribution in [0.2, 0.25) is 0 Å². The molecule has 3 atom stereocenters. The molecule has 0 aromatic carbocycles. The molecule has 3 heteroatoms. The van der Waals surface area contributed by atoms with Gasteiger partial charge in [0.25, 0.3) is 0 Å². The second-order valence-electron chi connectivity index (χ2n) is 4.74. The van der Waals surface area contributed by atoms with Crippen LogP contribution in [0.4, 0.5) is 0 Å². The van der Waals surface area contributed by atoms with Crippen LogP contribution in [0, 0.1) is 21.3 Å². The number of fused-ring (bicyclic) bond motifs is 2. The minimum atomic E-state index is 0.357. The Labute approximate surface area is 107 Å². The second-order valence-corrected chi connectivity index (χ2v) is 6.82. The summed E-state index contributed by atoms with van der Waals surface area (Å²) in [6, 6.07) is 2.05. The highest BCUT2D eigenvalue weighted by molar-refractivity contribution is 14.1. The maximum Gasteiger partial charge on any atom is 0.177 e. The average Bonchev–Trinajstić information content (AvgIpc) is 2.91. The van der Waals surface area contributed by atoms with Crippen LogP contribution in [0.1, 0.15) is 35.4 Å². The smallest absolute Gasteiger partial charge is 0.177 e. The third kappa shape index (κ3) is 1.68. The fourth-order valence-corrected chi connectivity index (χ4v) is 5.06. The molecule has 0 N–H and O–H groups in total. The molecule has 3 rings (SSSR count). The van der Waals surface area contributed by atoms with E-state index < -0.39 is 0 Å². The van der Waals surface area contributed by atoms with Crippen LogP contribution in [-0.4, -0.2) is 5.78 Å². The van der Waals surface area contributed by atoms with Crippen molar-refractivity contribution in [1.82, 2.24) is 0 Å². The Morgan fingerprint density at radius 3 is 2.80 bits per heavy atom. The van der Waals surface area contributed by atoms with Crippen LogP contribution in [0.5, 0.6) is 0 Å². The number of thiophene rings is 1. The summed E-state index contributed by atoms with van der Waals surface area (Å²) in [4.78, 5) is 13.3. The molecular formula is C12H13IOS. The lowest BCUT2D eigenvalue weighted by atomic mass is 9.85. The Balaban J connectivity index is 1.84. The SMILES string of the molecule is O=C(c1sccc1I)C1CC2CCC1C2. The molecular weight excluding hydrogens is 319 g/mol. The lowest BCUT2D eigenvalue weighted by molar-refractivity contribution is 0.0878. The Bertz CT molecular complexity index is 398. The summed E-state index contributed by atoms with van der Waals surface area (Å²) >= 11 is 3.89. The second kappa shape index (κ2) is 3.84. The molecule has 3 unspecified atom stereocenters. The van der Waals surface area contributed by atoms with Gasteiger partial charge in [0.2, 0.25) is 0 Å². The molecule has 0 saturated heterocycles. The largest absolute Gasteiger partial charge is 0.293 e. The third-order valence-electron chi connectivity index (χ3n) is 3.92. The quantitative estimate of drug-likeness (QED) is 0.592. The Kier molecular flexibility index (Phi) is 2.63. The maximum atomic E-state index is 12.3. The van der Waals surface area contributed by atoms with Gasteiger partial charge in [-0.3, -0.25) is 4.79 Å². The van der Waals surface area contributed by atoms with Crippen molar-refractivity contribution in [3.8, 4) is 0 Å². The van der Waals surface area contributed by atoms with Gasteiger partial charge in [0.1, 0.15) is 0 Å². The van der Waals surface area contributed by atoms with Gasteiger partial charge in [-0.2, -0.15) is 0 Å². The molecule has 0 amide bonds. The molecule has 2 saturated carbocycles. The molecule has 2 aliphatic carbocycles. The molecule has 2 bridgehead atoms. The highest BCUT2D eigenvalue weighted by Gasteiger charge is 2.43. The summed E-state index contributed by atoms with van der Waals surface area (Å²) in [6.45, 7) is 0. The highest BCUT2D eigenvalue weighted by atomic mass is 127. The minimum Gasteiger partial charge on any atom is -0.293 e. The molecule has 1 aromatic rings. The van der Waals surface area contributed by atoms with Crippen molar-refractivity contribution in [2.75, 3.05) is 0 Å². The fraction of sp³-hybridized carbons (Fsp3) is 0.583. The number of rotatable bonds is 2. The molecule has 0 aliphatic heterocycles. The zero-order valence-electron chi connectivity index (χ0n) is 8.41. The fourth-order valence-electron chi connectivity index (χ4n) is 3.20. The molecule has 80 valence electrons. The van der Waals surface area contributed by atoms with Crippen molar-refractivity contribution in [2.45, 2.75) is 25.7 Å². The standard InChI is InChI=1S/C12H13IOS/c13-10-3-4-15-12(10)11(14)9-6-7-1-2-8(9)5-7/h3-4,7-9H,1-2,5-6H2. The lowest BCUT2D eigenvalue weighted by Crippen LogP contribution is -2.20. The summed E-state index contributed by atoms with van der Waals surface area (Å²) in [5.41, 5.74) is 0. The molecule has 0 radical (unpaired) electrons. The predicted octanol–water partition coefficient (Wildman–Crippen LogP) is 3.97. The first-order valence-electron chi connectivity index (χ1n) is 5.53. The van der Waals surface area contributed by atoms with Crippen LogP contribution >= 0.6 is 33.9 Å². The number of hydrogen-bond donors (Lipinski definition) is 0. The number of halogens is 1. The topological polar surface area (TPSA) is 17.1 Å². The lowest BCUT2D eigenvalue weighted by Gasteiger charge is -2.19. The van der Waals surface area contributed by atoms with E-state index in [4.69, 9.17) is 0 Å². The summed E-state index contributed by atoms with van der Waals surface area (Å²) in [7, 11) is 0. The number of hydrogen-bond acceptors (Lipinski definition) is 2. The molecule has 1 aromatic heterocycles. The molecule has 2 fully saturated rings. The van der Waals surface area contributed by atoms with Crippen molar-refractivity contribution in [3.63, 3.8) is 0 Å². The van der Waals surface area contributed by atoms with E-state index in [9.17, 15) is 4.79 Å². The molecule has 2 aliphatic rings. The number of carbonyl (C=O) groups is 1. The van der Waals surface area contributed by atoms with Crippen LogP contribution in [0.25, 0.3) is 0 Å². The zero-order chi connectivity index (χ0) is 10.4. The molecule has 0 spiro atoms. The monoisotopic (exact) mass is 332 g/mol. The normalized spacial score (nSPS) is 33.5. The van der Waals surface area contributed by atoms with E-state index in [-0.39, 0.29) is 0 Å². The first kappa shape index (κ1) is 10.3. The van der Waals surface area contributed by atoms with Gasteiger partial charge in [-0.25, -0.2) is 0 Å². The number of ketones is 1. The zero-order valence-corrected chi connectivity index (χ0v) is 11.4. The van der Waals surface area contributed by atoms with Crippen LogP contribution < -0.4 is 0 Å². The maximum absolute atomic E-state index is 12.3. The van der Waals surface area contributed by atoms with Gasteiger partial charge >= 0.3 is 0 Å². The summed E-state index contributed by atoms with van der Waals surface area (Å²) in [5, 5.41) is 2.03. The van der Waals surface area contributed by atoms with Gasteiger partial charge in [0.15, 0.2) is 5.78 Å². The first-order chi connectivity index (χ1) is 7.25. The minimum absolute atomic E-state index is 0.357. The van der Waals surface area contributed by atoms with Crippen LogP contribution in [0.15, 0.2) is 11.4 Å². The summed E-state index contributed by atoms with van der Waals surface area (Å²) in [6.07, 6.45) is 5.15. The molecule has 1 nitrogen and oxygen atoms in total. The third-order valence-corrected chi connectivity index (χ3v) is 6.11. The summed E-state index contributed by atoms with van der Waals surface area (Å²) < 4.78 is 1.14. The average molecular weight is 332 g/mol. The van der Waals surface area contributed by atoms with Crippen molar-refractivity contribution in [3.05, 3.63) is 19.9 Å². The van der Waals surface area contributed by atoms with E-state index in [0.29, 0.717) is 17.6 Å². The van der Waals surface area contributed by atoms with Gasteiger partial charge in [0.05, 0.1) is 4.88 Å². The van der Waals surface area contributed by atoms with E-state index >= 15 is 0 Å². The van der Waals surface area contributed by atoms with Gasteiger partial charge < -0.3 is 0 Å². The Morgan fingerprint density at radius 1 is 1.40 bits per heavy atom. The Hall–Kier alpha value is 0.100. The van der Waals surface area contributed by atoms with Gasteiger partial charge in [-0.05, 0) is 65.1 Å². The highest BCUT2D eigenvalue weighted by Crippen LogP contribution is 2.49. The van der Waals surface area contributed by atoms with E-state index in [1.54, 1.807) is 11.3 Å². The van der Waals surface area contributed by atoms with Gasteiger partial charge in [-0.15, -0.1) is 11.3 Å². The number of carbonyl (C=O) groups excluding carboxylic acids is 1. The van der Waals surface area contributed by atoms with E-state index in [1.807, 2.05) is 11.4 Å². The number of Topliss-reactive ketones (excluding diaryl/α,β-unsaturated/α-hetero) is 1. The van der Waals surface area contributed by atoms with Crippen molar-refractivity contribution in [1.29, 1.82) is 0 Å². The van der Waals surface area contributed by atoms with Crippen molar-refractivity contribution in [2.24, 2.45) is 17.8 Å². The molecule has 15 heavy (non-hydrogen) atoms. The van der Waals surface area contributed by atoms with Crippen molar-refractivity contribution >= 4 is 39.7 Å². The van der Waals surface area contributed by atoms with Crippen LogP contribution in [0.3, 0.4) is 0 Å². The first-order valence-corrected chi connectivity index (χ1v) is 7.48. The van der Waals surface area contributed by atoms with E-state index in [2.05, 4.69) is 22.6 Å².